The number of pyridine rings is 1. The van der Waals surface area contributed by atoms with Gasteiger partial charge in [-0.25, -0.2) is 9.37 Å². The minimum Gasteiger partial charge on any atom is -0.383 e. The lowest BCUT2D eigenvalue weighted by Gasteiger charge is -2.02. The lowest BCUT2D eigenvalue weighted by molar-refractivity contribution is 0.619. The Kier molecular flexibility index (Phi) is 3.07. The molecule has 6 heteroatoms. The molecule has 0 saturated carbocycles. The fourth-order valence-electron chi connectivity index (χ4n) is 2.10. The second-order valence-electron chi connectivity index (χ2n) is 4.51. The summed E-state index contributed by atoms with van der Waals surface area (Å²) < 4.78 is 15.0. The van der Waals surface area contributed by atoms with Crippen molar-refractivity contribution in [3.05, 3.63) is 51.9 Å². The fourth-order valence-corrected chi connectivity index (χ4v) is 2.61. The van der Waals surface area contributed by atoms with Crippen LogP contribution in [0, 0.1) is 12.7 Å². The average molecular weight is 310 g/mol. The van der Waals surface area contributed by atoms with Crippen LogP contribution in [-0.2, 0) is 0 Å². The molecule has 2 aromatic heterocycles. The van der Waals surface area contributed by atoms with E-state index in [4.69, 9.17) is 28.9 Å². The highest BCUT2D eigenvalue weighted by Gasteiger charge is 2.15. The quantitative estimate of drug-likeness (QED) is 0.726. The number of halogens is 3. The Labute approximate surface area is 124 Å². The molecule has 0 fully saturated rings. The molecular weight excluding hydrogens is 300 g/mol. The minimum atomic E-state index is -0.267. The summed E-state index contributed by atoms with van der Waals surface area (Å²) in [4.78, 5) is 4.42. The van der Waals surface area contributed by atoms with Crippen molar-refractivity contribution in [1.82, 2.24) is 9.38 Å². The summed E-state index contributed by atoms with van der Waals surface area (Å²) in [5.41, 5.74) is 8.42. The number of imidazole rings is 1. The third-order valence-corrected chi connectivity index (χ3v) is 3.59. The summed E-state index contributed by atoms with van der Waals surface area (Å²) in [6.07, 6.45) is 1.64. The number of hydrogen-bond acceptors (Lipinski definition) is 2. The number of aromatic nitrogens is 2. The van der Waals surface area contributed by atoms with Crippen LogP contribution in [0.1, 0.15) is 5.56 Å². The molecule has 102 valence electrons. The van der Waals surface area contributed by atoms with Gasteiger partial charge in [-0.2, -0.15) is 0 Å². The predicted molar refractivity (Wildman–Crippen MR) is 79.8 cm³/mol. The first-order valence-electron chi connectivity index (χ1n) is 5.86. The number of anilines is 1. The van der Waals surface area contributed by atoms with Crippen molar-refractivity contribution in [1.29, 1.82) is 0 Å². The van der Waals surface area contributed by atoms with E-state index in [1.54, 1.807) is 35.7 Å². The Morgan fingerprint density at radius 1 is 1.25 bits per heavy atom. The standard InChI is InChI=1S/C14H10Cl2FN3/c1-7-4-8(2-3-11(7)17)12-13(18)20-6-9(15)5-10(16)14(20)19-12/h2-6H,18H2,1H3. The van der Waals surface area contributed by atoms with Crippen LogP contribution in [0.5, 0.6) is 0 Å². The largest absolute Gasteiger partial charge is 0.383 e. The Bertz CT molecular complexity index is 827. The number of hydrogen-bond donors (Lipinski definition) is 1. The fraction of sp³-hybridized carbons (Fsp3) is 0.0714. The van der Waals surface area contributed by atoms with Gasteiger partial charge in [0.25, 0.3) is 0 Å². The molecule has 0 radical (unpaired) electrons. The van der Waals surface area contributed by atoms with Gasteiger partial charge in [0, 0.05) is 11.8 Å². The number of benzene rings is 1. The molecule has 0 amide bonds. The first-order chi connectivity index (χ1) is 9.47. The van der Waals surface area contributed by atoms with Gasteiger partial charge < -0.3 is 5.73 Å². The van der Waals surface area contributed by atoms with Crippen LogP contribution in [0.2, 0.25) is 10.0 Å². The average Bonchev–Trinajstić information content (AvgIpc) is 2.71. The van der Waals surface area contributed by atoms with E-state index in [1.165, 1.54) is 6.07 Å². The number of fused-ring (bicyclic) bond motifs is 1. The summed E-state index contributed by atoms with van der Waals surface area (Å²) in [7, 11) is 0. The summed E-state index contributed by atoms with van der Waals surface area (Å²) in [6.45, 7) is 1.69. The molecule has 3 aromatic rings. The van der Waals surface area contributed by atoms with Gasteiger partial charge in [0.05, 0.1) is 10.0 Å². The Balaban J connectivity index is 2.29. The zero-order valence-corrected chi connectivity index (χ0v) is 12.0. The van der Waals surface area contributed by atoms with E-state index in [0.717, 1.165) is 5.56 Å². The van der Waals surface area contributed by atoms with Gasteiger partial charge >= 0.3 is 0 Å². The molecule has 0 aliphatic rings. The monoisotopic (exact) mass is 309 g/mol. The van der Waals surface area contributed by atoms with Gasteiger partial charge in [-0.3, -0.25) is 4.40 Å². The third-order valence-electron chi connectivity index (χ3n) is 3.11. The van der Waals surface area contributed by atoms with Crippen molar-refractivity contribution in [2.24, 2.45) is 0 Å². The summed E-state index contributed by atoms with van der Waals surface area (Å²) >= 11 is 12.1. The molecule has 3 rings (SSSR count). The normalized spacial score (nSPS) is 11.2. The molecule has 0 saturated heterocycles. The zero-order valence-electron chi connectivity index (χ0n) is 10.5. The molecule has 0 atom stereocenters. The Morgan fingerprint density at radius 3 is 2.70 bits per heavy atom. The molecule has 0 unspecified atom stereocenters. The highest BCUT2D eigenvalue weighted by atomic mass is 35.5. The molecule has 2 heterocycles. The third kappa shape index (κ3) is 2.01. The van der Waals surface area contributed by atoms with E-state index >= 15 is 0 Å². The maximum atomic E-state index is 13.3. The molecule has 0 aliphatic heterocycles. The minimum absolute atomic E-state index is 0.267. The first kappa shape index (κ1) is 13.2. The van der Waals surface area contributed by atoms with Crippen LogP contribution in [0.3, 0.4) is 0 Å². The summed E-state index contributed by atoms with van der Waals surface area (Å²) in [5, 5.41) is 0.878. The van der Waals surface area contributed by atoms with E-state index in [2.05, 4.69) is 4.98 Å². The van der Waals surface area contributed by atoms with Crippen LogP contribution in [0.25, 0.3) is 16.9 Å². The van der Waals surface area contributed by atoms with E-state index in [9.17, 15) is 4.39 Å². The van der Waals surface area contributed by atoms with Crippen molar-refractivity contribution in [2.75, 3.05) is 5.73 Å². The molecule has 20 heavy (non-hydrogen) atoms. The van der Waals surface area contributed by atoms with E-state index in [0.29, 0.717) is 32.8 Å². The second-order valence-corrected chi connectivity index (χ2v) is 5.35. The van der Waals surface area contributed by atoms with E-state index in [1.807, 2.05) is 0 Å². The molecular formula is C14H10Cl2FN3. The van der Waals surface area contributed by atoms with Crippen LogP contribution in [0.4, 0.5) is 10.2 Å². The van der Waals surface area contributed by atoms with Gasteiger partial charge in [-0.1, -0.05) is 23.2 Å². The predicted octanol–water partition coefficient (Wildman–Crippen LogP) is 4.34. The Hall–Kier alpha value is -1.78. The van der Waals surface area contributed by atoms with E-state index < -0.39 is 0 Å². The molecule has 0 spiro atoms. The highest BCUT2D eigenvalue weighted by Crippen LogP contribution is 2.31. The van der Waals surface area contributed by atoms with Crippen molar-refractivity contribution >= 4 is 34.7 Å². The topological polar surface area (TPSA) is 43.3 Å². The summed E-state index contributed by atoms with van der Waals surface area (Å²) in [5.74, 6) is 0.146. The molecule has 2 N–H and O–H groups in total. The number of nitrogens with zero attached hydrogens (tertiary/aromatic N) is 2. The van der Waals surface area contributed by atoms with Gasteiger partial charge in [0.1, 0.15) is 17.3 Å². The molecule has 3 nitrogen and oxygen atoms in total. The van der Waals surface area contributed by atoms with Gasteiger partial charge in [0.15, 0.2) is 5.65 Å². The van der Waals surface area contributed by atoms with Crippen LogP contribution in [0.15, 0.2) is 30.5 Å². The number of nitrogens with two attached hydrogens (primary N) is 1. The maximum Gasteiger partial charge on any atom is 0.158 e. The maximum absolute atomic E-state index is 13.3. The van der Waals surface area contributed by atoms with E-state index in [-0.39, 0.29) is 5.82 Å². The molecule has 1 aromatic carbocycles. The number of rotatable bonds is 1. The van der Waals surface area contributed by atoms with Crippen molar-refractivity contribution in [2.45, 2.75) is 6.92 Å². The summed E-state index contributed by atoms with van der Waals surface area (Å²) in [6, 6.07) is 6.33. The van der Waals surface area contributed by atoms with Gasteiger partial charge in [0.2, 0.25) is 0 Å². The van der Waals surface area contributed by atoms with Gasteiger partial charge in [-0.15, -0.1) is 0 Å². The van der Waals surface area contributed by atoms with Crippen LogP contribution < -0.4 is 5.73 Å². The lowest BCUT2D eigenvalue weighted by Crippen LogP contribution is -1.94. The van der Waals surface area contributed by atoms with Gasteiger partial charge in [-0.05, 0) is 36.8 Å². The first-order valence-corrected chi connectivity index (χ1v) is 6.62. The second kappa shape index (κ2) is 4.65. The zero-order chi connectivity index (χ0) is 14.4. The smallest absolute Gasteiger partial charge is 0.158 e. The van der Waals surface area contributed by atoms with Crippen molar-refractivity contribution < 1.29 is 4.39 Å². The number of nitrogen functional groups attached to an aromatic ring is 1. The lowest BCUT2D eigenvalue weighted by atomic mass is 10.1. The van der Waals surface area contributed by atoms with Crippen LogP contribution >= 0.6 is 23.2 Å². The van der Waals surface area contributed by atoms with Crippen LogP contribution in [-0.4, -0.2) is 9.38 Å². The highest BCUT2D eigenvalue weighted by molar-refractivity contribution is 6.36. The number of aryl methyl sites for hydroxylation is 1. The molecule has 0 bridgehead atoms. The molecule has 0 aliphatic carbocycles. The SMILES string of the molecule is Cc1cc(-c2nc3c(Cl)cc(Cl)cn3c2N)ccc1F. The Morgan fingerprint density at radius 2 is 2.00 bits per heavy atom. The van der Waals surface area contributed by atoms with Crippen molar-refractivity contribution in [3.63, 3.8) is 0 Å². The van der Waals surface area contributed by atoms with Crippen molar-refractivity contribution in [3.8, 4) is 11.3 Å².